The number of ether oxygens (including phenoxy) is 2. The smallest absolute Gasteiger partial charge is 0.224 e. The summed E-state index contributed by atoms with van der Waals surface area (Å²) in [5.41, 5.74) is 3.60. The number of pyridine rings is 2. The molecule has 0 saturated carbocycles. The van der Waals surface area contributed by atoms with E-state index in [1.165, 1.54) is 0 Å². The molecule has 4 rings (SSSR count). The van der Waals surface area contributed by atoms with Gasteiger partial charge in [0.2, 0.25) is 5.91 Å². The van der Waals surface area contributed by atoms with Crippen LogP contribution in [-0.4, -0.2) is 78.2 Å². The number of aryl methyl sites for hydroxylation is 2. The number of rotatable bonds is 6. The van der Waals surface area contributed by atoms with Gasteiger partial charge in [-0.2, -0.15) is 0 Å². The molecular formula is C23H31N5O3. The van der Waals surface area contributed by atoms with Crippen LogP contribution in [0.1, 0.15) is 29.6 Å². The maximum atomic E-state index is 12.8. The molecule has 166 valence electrons. The predicted molar refractivity (Wildman–Crippen MR) is 118 cm³/mol. The Morgan fingerprint density at radius 1 is 1.10 bits per heavy atom. The van der Waals surface area contributed by atoms with Gasteiger partial charge in [-0.05, 0) is 38.1 Å². The first kappa shape index (κ1) is 21.7. The van der Waals surface area contributed by atoms with Crippen molar-refractivity contribution in [2.45, 2.75) is 26.4 Å². The second-order valence-corrected chi connectivity index (χ2v) is 8.11. The second-order valence-electron chi connectivity index (χ2n) is 8.11. The van der Waals surface area contributed by atoms with Crippen LogP contribution in [0.2, 0.25) is 0 Å². The lowest BCUT2D eigenvalue weighted by Crippen LogP contribution is -2.44. The standard InChI is InChI=1S/C23H31N5O3/c1-17-4-3-5-22(25-17)26-19-14-18(2)24-20(15-19)21-16-28(10-13-31-21)23(29)6-7-27-8-11-30-12-9-27/h3-5,14-15,21H,6-13,16H2,1-2H3,(H,24,25,26)/t21-/m0/s1. The fourth-order valence-electron chi connectivity index (χ4n) is 3.98. The number of morpholine rings is 2. The van der Waals surface area contributed by atoms with Crippen molar-refractivity contribution < 1.29 is 14.3 Å². The summed E-state index contributed by atoms with van der Waals surface area (Å²) < 4.78 is 11.4. The summed E-state index contributed by atoms with van der Waals surface area (Å²) >= 11 is 0. The predicted octanol–water partition coefficient (Wildman–Crippen LogP) is 2.46. The maximum Gasteiger partial charge on any atom is 0.224 e. The molecule has 2 aliphatic heterocycles. The quantitative estimate of drug-likeness (QED) is 0.762. The summed E-state index contributed by atoms with van der Waals surface area (Å²) in [7, 11) is 0. The fourth-order valence-corrected chi connectivity index (χ4v) is 3.98. The van der Waals surface area contributed by atoms with Crippen molar-refractivity contribution in [2.75, 3.05) is 57.9 Å². The number of amides is 1. The summed E-state index contributed by atoms with van der Waals surface area (Å²) in [6.45, 7) is 9.69. The van der Waals surface area contributed by atoms with Gasteiger partial charge in [-0.1, -0.05) is 6.07 Å². The number of anilines is 2. The van der Waals surface area contributed by atoms with Crippen LogP contribution in [0.25, 0.3) is 0 Å². The van der Waals surface area contributed by atoms with Crippen LogP contribution in [0.15, 0.2) is 30.3 Å². The summed E-state index contributed by atoms with van der Waals surface area (Å²) in [5, 5.41) is 3.35. The molecule has 2 fully saturated rings. The molecule has 2 aromatic heterocycles. The third kappa shape index (κ3) is 6.00. The highest BCUT2D eigenvalue weighted by molar-refractivity contribution is 5.76. The molecule has 4 heterocycles. The highest BCUT2D eigenvalue weighted by Gasteiger charge is 2.27. The van der Waals surface area contributed by atoms with Crippen molar-refractivity contribution in [3.63, 3.8) is 0 Å². The van der Waals surface area contributed by atoms with Crippen LogP contribution in [0.5, 0.6) is 0 Å². The van der Waals surface area contributed by atoms with E-state index in [0.717, 1.165) is 61.4 Å². The van der Waals surface area contributed by atoms with Crippen LogP contribution in [0, 0.1) is 13.8 Å². The molecule has 0 spiro atoms. The van der Waals surface area contributed by atoms with Gasteiger partial charge in [0.05, 0.1) is 32.1 Å². The van der Waals surface area contributed by atoms with Crippen molar-refractivity contribution in [3.8, 4) is 0 Å². The Hall–Kier alpha value is -2.55. The molecule has 8 heteroatoms. The van der Waals surface area contributed by atoms with E-state index in [2.05, 4.69) is 20.2 Å². The number of nitrogens with zero attached hydrogens (tertiary/aromatic N) is 4. The zero-order valence-electron chi connectivity index (χ0n) is 18.3. The summed E-state index contributed by atoms with van der Waals surface area (Å²) in [6.07, 6.45) is 0.298. The minimum atomic E-state index is -0.230. The van der Waals surface area contributed by atoms with Crippen molar-refractivity contribution in [1.29, 1.82) is 0 Å². The van der Waals surface area contributed by atoms with Gasteiger partial charge in [-0.15, -0.1) is 0 Å². The minimum Gasteiger partial charge on any atom is -0.379 e. The minimum absolute atomic E-state index is 0.176. The molecule has 0 unspecified atom stereocenters. The Bertz CT molecular complexity index is 901. The van der Waals surface area contributed by atoms with E-state index in [9.17, 15) is 4.79 Å². The van der Waals surface area contributed by atoms with Crippen molar-refractivity contribution >= 4 is 17.4 Å². The Morgan fingerprint density at radius 3 is 2.74 bits per heavy atom. The number of carbonyl (C=O) groups excluding carboxylic acids is 1. The van der Waals surface area contributed by atoms with E-state index in [4.69, 9.17) is 9.47 Å². The molecule has 2 aromatic rings. The number of aromatic nitrogens is 2. The third-order valence-corrected chi connectivity index (χ3v) is 5.63. The molecule has 8 nitrogen and oxygen atoms in total. The molecule has 31 heavy (non-hydrogen) atoms. The van der Waals surface area contributed by atoms with Crippen molar-refractivity contribution in [1.82, 2.24) is 19.8 Å². The molecule has 0 aliphatic carbocycles. The van der Waals surface area contributed by atoms with Crippen LogP contribution in [0.4, 0.5) is 11.5 Å². The van der Waals surface area contributed by atoms with E-state index in [-0.39, 0.29) is 12.0 Å². The molecular weight excluding hydrogens is 394 g/mol. The van der Waals surface area contributed by atoms with E-state index < -0.39 is 0 Å². The Morgan fingerprint density at radius 2 is 1.94 bits per heavy atom. The van der Waals surface area contributed by atoms with E-state index in [1.54, 1.807) is 0 Å². The number of hydrogen-bond donors (Lipinski definition) is 1. The van der Waals surface area contributed by atoms with Gasteiger partial charge in [0.1, 0.15) is 11.9 Å². The molecule has 2 saturated heterocycles. The highest BCUT2D eigenvalue weighted by atomic mass is 16.5. The van der Waals surface area contributed by atoms with E-state index >= 15 is 0 Å². The molecule has 1 amide bonds. The van der Waals surface area contributed by atoms with Gasteiger partial charge in [0, 0.05) is 49.7 Å². The molecule has 1 atom stereocenters. The van der Waals surface area contributed by atoms with Gasteiger partial charge in [-0.3, -0.25) is 14.7 Å². The summed E-state index contributed by atoms with van der Waals surface area (Å²) in [6, 6.07) is 9.86. The first-order valence-electron chi connectivity index (χ1n) is 11.0. The summed E-state index contributed by atoms with van der Waals surface area (Å²) in [4.78, 5) is 26.2. The van der Waals surface area contributed by atoms with Crippen molar-refractivity contribution in [3.05, 3.63) is 47.4 Å². The van der Waals surface area contributed by atoms with Crippen LogP contribution in [0.3, 0.4) is 0 Å². The van der Waals surface area contributed by atoms with Crippen molar-refractivity contribution in [2.24, 2.45) is 0 Å². The SMILES string of the molecule is Cc1cccc(Nc2cc(C)nc([C@@H]3CN(C(=O)CCN4CCOCC4)CCO3)c2)n1. The van der Waals surface area contributed by atoms with Gasteiger partial charge >= 0.3 is 0 Å². The molecule has 1 N–H and O–H groups in total. The lowest BCUT2D eigenvalue weighted by atomic mass is 10.1. The zero-order valence-corrected chi connectivity index (χ0v) is 18.3. The van der Waals surface area contributed by atoms with Crippen LogP contribution < -0.4 is 5.32 Å². The zero-order chi connectivity index (χ0) is 21.6. The molecule has 2 aliphatic rings. The van der Waals surface area contributed by atoms with Crippen LogP contribution >= 0.6 is 0 Å². The normalized spacial score (nSPS) is 19.9. The fraction of sp³-hybridized carbons (Fsp3) is 0.522. The highest BCUT2D eigenvalue weighted by Crippen LogP contribution is 2.25. The Kier molecular flexibility index (Phi) is 7.11. The Labute approximate surface area is 183 Å². The van der Waals surface area contributed by atoms with Gasteiger partial charge in [-0.25, -0.2) is 4.98 Å². The Balaban J connectivity index is 1.39. The first-order chi connectivity index (χ1) is 15.1. The number of nitrogens with one attached hydrogen (secondary N) is 1. The average molecular weight is 426 g/mol. The monoisotopic (exact) mass is 425 g/mol. The van der Waals surface area contributed by atoms with Crippen LogP contribution in [-0.2, 0) is 14.3 Å². The topological polar surface area (TPSA) is 79.8 Å². The molecule has 0 radical (unpaired) electrons. The number of hydrogen-bond acceptors (Lipinski definition) is 7. The van der Waals surface area contributed by atoms with Gasteiger partial charge in [0.15, 0.2) is 0 Å². The lowest BCUT2D eigenvalue weighted by Gasteiger charge is -2.34. The summed E-state index contributed by atoms with van der Waals surface area (Å²) in [5.74, 6) is 0.968. The lowest BCUT2D eigenvalue weighted by molar-refractivity contribution is -0.139. The second kappa shape index (κ2) is 10.2. The molecule has 0 aromatic carbocycles. The maximum absolute atomic E-state index is 12.8. The van der Waals surface area contributed by atoms with E-state index in [1.807, 2.05) is 49.1 Å². The van der Waals surface area contributed by atoms with E-state index in [0.29, 0.717) is 26.1 Å². The molecule has 0 bridgehead atoms. The largest absolute Gasteiger partial charge is 0.379 e. The number of carbonyl (C=O) groups is 1. The van der Waals surface area contributed by atoms with Gasteiger partial charge < -0.3 is 19.7 Å². The average Bonchev–Trinajstić information content (AvgIpc) is 2.78. The third-order valence-electron chi connectivity index (χ3n) is 5.63. The van der Waals surface area contributed by atoms with Gasteiger partial charge in [0.25, 0.3) is 0 Å². The first-order valence-corrected chi connectivity index (χ1v) is 11.0.